The highest BCUT2D eigenvalue weighted by Gasteiger charge is 2.28. The summed E-state index contributed by atoms with van der Waals surface area (Å²) in [6.45, 7) is 1.24. The van der Waals surface area contributed by atoms with Crippen LogP contribution in [0.4, 0.5) is 0 Å². The Labute approximate surface area is 118 Å². The molecule has 1 aliphatic heterocycles. The zero-order valence-corrected chi connectivity index (χ0v) is 11.7. The van der Waals surface area contributed by atoms with Gasteiger partial charge in [-0.1, -0.05) is 12.1 Å². The fraction of sp³-hybridized carbons (Fsp3) is 0.500. The summed E-state index contributed by atoms with van der Waals surface area (Å²) in [7, 11) is 1.61. The Balaban J connectivity index is 1.96. The molecule has 1 heterocycles. The van der Waals surface area contributed by atoms with Crippen molar-refractivity contribution in [2.75, 3.05) is 26.1 Å². The number of nitrogens with zero attached hydrogens (tertiary/aromatic N) is 1. The van der Waals surface area contributed by atoms with Crippen molar-refractivity contribution in [3.8, 4) is 11.5 Å². The van der Waals surface area contributed by atoms with Gasteiger partial charge in [-0.15, -0.1) is 11.6 Å². The van der Waals surface area contributed by atoms with Gasteiger partial charge in [0.05, 0.1) is 13.2 Å². The van der Waals surface area contributed by atoms with Gasteiger partial charge in [-0.05, 0) is 25.0 Å². The van der Waals surface area contributed by atoms with Crippen molar-refractivity contribution in [1.29, 1.82) is 0 Å². The van der Waals surface area contributed by atoms with Crippen LogP contribution in [0.15, 0.2) is 24.3 Å². The molecule has 1 aromatic rings. The molecule has 1 aromatic carbocycles. The summed E-state index contributed by atoms with van der Waals surface area (Å²) in [4.78, 5) is 13.5. The Bertz CT molecular complexity index is 438. The van der Waals surface area contributed by atoms with Crippen LogP contribution < -0.4 is 9.47 Å². The Kier molecular flexibility index (Phi) is 4.91. The third-order valence-corrected chi connectivity index (χ3v) is 3.54. The van der Waals surface area contributed by atoms with E-state index >= 15 is 0 Å². The fourth-order valence-corrected chi connectivity index (χ4v) is 2.49. The molecule has 19 heavy (non-hydrogen) atoms. The highest BCUT2D eigenvalue weighted by molar-refractivity contribution is 6.27. The van der Waals surface area contributed by atoms with Crippen molar-refractivity contribution in [1.82, 2.24) is 4.90 Å². The topological polar surface area (TPSA) is 38.8 Å². The number of methoxy groups -OCH3 is 1. The predicted molar refractivity (Wildman–Crippen MR) is 73.9 cm³/mol. The minimum absolute atomic E-state index is 0.0206. The summed E-state index contributed by atoms with van der Waals surface area (Å²) in [6.07, 6.45) is 1.96. The van der Waals surface area contributed by atoms with Gasteiger partial charge in [0.2, 0.25) is 5.91 Å². The molecule has 1 amide bonds. The maximum Gasteiger partial charge on any atom is 0.237 e. The van der Waals surface area contributed by atoms with Crippen LogP contribution in [0.5, 0.6) is 11.5 Å². The maximum absolute atomic E-state index is 11.7. The summed E-state index contributed by atoms with van der Waals surface area (Å²) in [5, 5.41) is 0. The van der Waals surface area contributed by atoms with Crippen LogP contribution in [0.25, 0.3) is 0 Å². The molecule has 1 aliphatic rings. The van der Waals surface area contributed by atoms with Crippen molar-refractivity contribution in [2.45, 2.75) is 18.9 Å². The quantitative estimate of drug-likeness (QED) is 0.779. The van der Waals surface area contributed by atoms with E-state index in [1.807, 2.05) is 29.2 Å². The van der Waals surface area contributed by atoms with E-state index in [0.717, 1.165) is 19.4 Å². The van der Waals surface area contributed by atoms with Crippen LogP contribution >= 0.6 is 11.6 Å². The second kappa shape index (κ2) is 6.66. The Morgan fingerprint density at radius 1 is 1.42 bits per heavy atom. The molecule has 0 N–H and O–H groups in total. The number of ether oxygens (including phenoxy) is 2. The summed E-state index contributed by atoms with van der Waals surface area (Å²) in [5.41, 5.74) is 0. The third-order valence-electron chi connectivity index (χ3n) is 3.31. The van der Waals surface area contributed by atoms with E-state index in [-0.39, 0.29) is 17.8 Å². The first-order chi connectivity index (χ1) is 9.26. The summed E-state index contributed by atoms with van der Waals surface area (Å²) < 4.78 is 11.0. The largest absolute Gasteiger partial charge is 0.493 e. The van der Waals surface area contributed by atoms with E-state index in [0.29, 0.717) is 18.1 Å². The smallest absolute Gasteiger partial charge is 0.237 e. The molecule has 0 aromatic heterocycles. The highest BCUT2D eigenvalue weighted by Crippen LogP contribution is 2.27. The van der Waals surface area contributed by atoms with Crippen molar-refractivity contribution in [2.24, 2.45) is 0 Å². The standard InChI is InChI=1S/C14H18ClNO3/c1-18-12-6-2-3-7-13(12)19-10-11-5-4-8-16(11)14(17)9-15/h2-3,6-7,11H,4-5,8-10H2,1H3/t11-/m0/s1. The average molecular weight is 284 g/mol. The van der Waals surface area contributed by atoms with Gasteiger partial charge in [0.1, 0.15) is 12.5 Å². The van der Waals surface area contributed by atoms with E-state index in [2.05, 4.69) is 0 Å². The van der Waals surface area contributed by atoms with Gasteiger partial charge in [-0.25, -0.2) is 0 Å². The first-order valence-electron chi connectivity index (χ1n) is 6.37. The molecule has 0 unspecified atom stereocenters. The van der Waals surface area contributed by atoms with Crippen LogP contribution in [0.2, 0.25) is 0 Å². The molecule has 1 fully saturated rings. The lowest BCUT2D eigenvalue weighted by atomic mass is 10.2. The molecule has 104 valence electrons. The second-order valence-electron chi connectivity index (χ2n) is 4.48. The number of carbonyl (C=O) groups excluding carboxylic acids is 1. The number of amides is 1. The minimum Gasteiger partial charge on any atom is -0.493 e. The number of carbonyl (C=O) groups is 1. The molecule has 0 bridgehead atoms. The lowest BCUT2D eigenvalue weighted by molar-refractivity contribution is -0.129. The lowest BCUT2D eigenvalue weighted by Gasteiger charge is -2.24. The van der Waals surface area contributed by atoms with Crippen molar-refractivity contribution in [3.05, 3.63) is 24.3 Å². The molecule has 0 spiro atoms. The zero-order chi connectivity index (χ0) is 13.7. The van der Waals surface area contributed by atoms with E-state index in [1.165, 1.54) is 0 Å². The van der Waals surface area contributed by atoms with Gasteiger partial charge < -0.3 is 14.4 Å². The van der Waals surface area contributed by atoms with Crippen molar-refractivity contribution >= 4 is 17.5 Å². The van der Waals surface area contributed by atoms with Gasteiger partial charge in [-0.3, -0.25) is 4.79 Å². The normalized spacial score (nSPS) is 18.4. The average Bonchev–Trinajstić information content (AvgIpc) is 2.93. The minimum atomic E-state index is -0.0206. The number of alkyl halides is 1. The molecule has 0 aliphatic carbocycles. The van der Waals surface area contributed by atoms with Gasteiger partial charge in [-0.2, -0.15) is 0 Å². The first kappa shape index (κ1) is 14.0. The highest BCUT2D eigenvalue weighted by atomic mass is 35.5. The molecule has 1 saturated heterocycles. The van der Waals surface area contributed by atoms with Crippen LogP contribution in [0, 0.1) is 0 Å². The lowest BCUT2D eigenvalue weighted by Crippen LogP contribution is -2.39. The van der Waals surface area contributed by atoms with Gasteiger partial charge in [0.15, 0.2) is 11.5 Å². The Hall–Kier alpha value is -1.42. The molecule has 4 nitrogen and oxygen atoms in total. The van der Waals surface area contributed by atoms with Gasteiger partial charge in [0.25, 0.3) is 0 Å². The molecule has 0 radical (unpaired) electrons. The maximum atomic E-state index is 11.7. The number of hydrogen-bond donors (Lipinski definition) is 0. The van der Waals surface area contributed by atoms with E-state index < -0.39 is 0 Å². The Morgan fingerprint density at radius 2 is 2.16 bits per heavy atom. The number of rotatable bonds is 5. The predicted octanol–water partition coefficient (Wildman–Crippen LogP) is 2.30. The van der Waals surface area contributed by atoms with Crippen molar-refractivity contribution in [3.63, 3.8) is 0 Å². The zero-order valence-electron chi connectivity index (χ0n) is 11.0. The number of benzene rings is 1. The van der Waals surface area contributed by atoms with Crippen LogP contribution in [-0.2, 0) is 4.79 Å². The number of para-hydroxylation sites is 2. The van der Waals surface area contributed by atoms with E-state index in [1.54, 1.807) is 7.11 Å². The fourth-order valence-electron chi connectivity index (χ4n) is 2.34. The molecular formula is C14H18ClNO3. The number of likely N-dealkylation sites (tertiary alicyclic amines) is 1. The molecule has 1 atom stereocenters. The summed E-state index contributed by atoms with van der Waals surface area (Å²) in [6, 6.07) is 7.61. The van der Waals surface area contributed by atoms with Crippen LogP contribution in [-0.4, -0.2) is 43.0 Å². The molecule has 2 rings (SSSR count). The second-order valence-corrected chi connectivity index (χ2v) is 4.75. The van der Waals surface area contributed by atoms with Crippen LogP contribution in [0.1, 0.15) is 12.8 Å². The molecular weight excluding hydrogens is 266 g/mol. The number of halogens is 1. The molecule has 0 saturated carbocycles. The SMILES string of the molecule is COc1ccccc1OC[C@@H]1CCCN1C(=O)CCl. The Morgan fingerprint density at radius 3 is 2.84 bits per heavy atom. The van der Waals surface area contributed by atoms with Gasteiger partial charge >= 0.3 is 0 Å². The third kappa shape index (κ3) is 3.32. The van der Waals surface area contributed by atoms with E-state index in [4.69, 9.17) is 21.1 Å². The number of hydrogen-bond acceptors (Lipinski definition) is 3. The summed E-state index contributed by atoms with van der Waals surface area (Å²) >= 11 is 5.61. The van der Waals surface area contributed by atoms with Crippen LogP contribution in [0.3, 0.4) is 0 Å². The van der Waals surface area contributed by atoms with E-state index in [9.17, 15) is 4.79 Å². The van der Waals surface area contributed by atoms with Gasteiger partial charge in [0, 0.05) is 6.54 Å². The van der Waals surface area contributed by atoms with Crippen molar-refractivity contribution < 1.29 is 14.3 Å². The first-order valence-corrected chi connectivity index (χ1v) is 6.91. The monoisotopic (exact) mass is 283 g/mol. The molecule has 5 heteroatoms. The summed E-state index contributed by atoms with van der Waals surface area (Å²) in [5.74, 6) is 1.42.